The van der Waals surface area contributed by atoms with E-state index >= 15 is 0 Å². The number of nitrogens with two attached hydrogens (primary N) is 1. The fourth-order valence-corrected chi connectivity index (χ4v) is 3.17. The van der Waals surface area contributed by atoms with E-state index in [0.717, 1.165) is 20.0 Å². The number of nitrogen functional groups attached to an aromatic ring is 1. The van der Waals surface area contributed by atoms with Crippen LogP contribution >= 0.6 is 23.1 Å². The van der Waals surface area contributed by atoms with E-state index in [-0.39, 0.29) is 6.10 Å². The van der Waals surface area contributed by atoms with E-state index < -0.39 is 0 Å². The van der Waals surface area contributed by atoms with Gasteiger partial charge in [-0.25, -0.2) is 0 Å². The van der Waals surface area contributed by atoms with Crippen LogP contribution in [0.3, 0.4) is 0 Å². The molecule has 1 heterocycles. The summed E-state index contributed by atoms with van der Waals surface area (Å²) in [6.45, 7) is 5.90. The molecule has 4 nitrogen and oxygen atoms in total. The van der Waals surface area contributed by atoms with E-state index in [1.54, 1.807) is 23.1 Å². The number of aromatic nitrogens is 2. The lowest BCUT2D eigenvalue weighted by atomic mass is 10.3. The molecule has 0 saturated carbocycles. The van der Waals surface area contributed by atoms with Gasteiger partial charge in [0.15, 0.2) is 4.34 Å². The molecular weight excluding hydrogens is 266 g/mol. The van der Waals surface area contributed by atoms with Gasteiger partial charge >= 0.3 is 0 Å². The van der Waals surface area contributed by atoms with Gasteiger partial charge in [-0.05, 0) is 39.0 Å². The van der Waals surface area contributed by atoms with E-state index in [9.17, 15) is 0 Å². The lowest BCUT2D eigenvalue weighted by molar-refractivity contribution is 0.243. The standard InChI is InChI=1S/C12H15N3OS2/c1-7(2)16-11-6-9(4-5-10(11)13)18-12-15-14-8(3)17-12/h4-7H,13H2,1-3H3. The number of ether oxygens (including phenoxy) is 1. The van der Waals surface area contributed by atoms with Gasteiger partial charge in [0.1, 0.15) is 10.8 Å². The molecule has 2 aromatic rings. The summed E-state index contributed by atoms with van der Waals surface area (Å²) < 4.78 is 6.58. The van der Waals surface area contributed by atoms with Crippen LogP contribution in [0.15, 0.2) is 27.4 Å². The number of hydrogen-bond donors (Lipinski definition) is 1. The maximum absolute atomic E-state index is 5.88. The molecule has 0 bridgehead atoms. The molecule has 1 aromatic carbocycles. The first kappa shape index (κ1) is 13.2. The Labute approximate surface area is 115 Å². The molecule has 0 aliphatic carbocycles. The second-order valence-electron chi connectivity index (χ2n) is 4.06. The highest BCUT2D eigenvalue weighted by Crippen LogP contribution is 2.34. The molecule has 0 aliphatic rings. The molecule has 0 radical (unpaired) electrons. The van der Waals surface area contributed by atoms with Crippen LogP contribution < -0.4 is 10.5 Å². The minimum atomic E-state index is 0.108. The highest BCUT2D eigenvalue weighted by atomic mass is 32.2. The van der Waals surface area contributed by atoms with Gasteiger partial charge in [0.2, 0.25) is 0 Å². The summed E-state index contributed by atoms with van der Waals surface area (Å²) in [7, 11) is 0. The topological polar surface area (TPSA) is 61.0 Å². The van der Waals surface area contributed by atoms with Crippen molar-refractivity contribution in [3.63, 3.8) is 0 Å². The lowest BCUT2D eigenvalue weighted by Gasteiger charge is -2.12. The summed E-state index contributed by atoms with van der Waals surface area (Å²) in [5.41, 5.74) is 6.53. The summed E-state index contributed by atoms with van der Waals surface area (Å²) in [6, 6.07) is 5.76. The van der Waals surface area contributed by atoms with Crippen molar-refractivity contribution in [1.29, 1.82) is 0 Å². The van der Waals surface area contributed by atoms with Crippen molar-refractivity contribution in [3.8, 4) is 5.75 Å². The number of rotatable bonds is 4. The SMILES string of the molecule is Cc1nnc(Sc2ccc(N)c(OC(C)C)c2)s1. The second kappa shape index (κ2) is 5.58. The van der Waals surface area contributed by atoms with Crippen molar-refractivity contribution in [2.45, 2.75) is 36.1 Å². The summed E-state index contributed by atoms with van der Waals surface area (Å²) in [4.78, 5) is 1.05. The van der Waals surface area contributed by atoms with Crippen molar-refractivity contribution in [3.05, 3.63) is 23.2 Å². The first-order valence-corrected chi connectivity index (χ1v) is 7.22. The third-order valence-electron chi connectivity index (χ3n) is 2.06. The number of hydrogen-bond acceptors (Lipinski definition) is 6. The average Bonchev–Trinajstić information content (AvgIpc) is 2.68. The Morgan fingerprint density at radius 2 is 2.11 bits per heavy atom. The molecule has 0 spiro atoms. The smallest absolute Gasteiger partial charge is 0.179 e. The van der Waals surface area contributed by atoms with Gasteiger partial charge in [0.05, 0.1) is 11.8 Å². The van der Waals surface area contributed by atoms with Crippen LogP contribution in [0.5, 0.6) is 5.75 Å². The highest BCUT2D eigenvalue weighted by molar-refractivity contribution is 8.01. The highest BCUT2D eigenvalue weighted by Gasteiger charge is 2.08. The predicted octanol–water partition coefficient (Wildman–Crippen LogP) is 3.37. The van der Waals surface area contributed by atoms with Crippen molar-refractivity contribution in [1.82, 2.24) is 10.2 Å². The minimum Gasteiger partial charge on any atom is -0.489 e. The zero-order chi connectivity index (χ0) is 13.1. The van der Waals surface area contributed by atoms with E-state index in [4.69, 9.17) is 10.5 Å². The number of benzene rings is 1. The fraction of sp³-hybridized carbons (Fsp3) is 0.333. The Morgan fingerprint density at radius 3 is 2.72 bits per heavy atom. The molecule has 2 rings (SSSR count). The summed E-state index contributed by atoms with van der Waals surface area (Å²) in [6.07, 6.45) is 0.108. The Hall–Kier alpha value is -1.27. The van der Waals surface area contributed by atoms with E-state index in [0.29, 0.717) is 5.69 Å². The van der Waals surface area contributed by atoms with Gasteiger partial charge in [-0.2, -0.15) is 0 Å². The van der Waals surface area contributed by atoms with Gasteiger partial charge in [-0.1, -0.05) is 23.1 Å². The van der Waals surface area contributed by atoms with Crippen LogP contribution in [-0.2, 0) is 0 Å². The first-order chi connectivity index (χ1) is 8.54. The quantitative estimate of drug-likeness (QED) is 0.871. The molecule has 96 valence electrons. The molecule has 0 fully saturated rings. The molecule has 0 aliphatic heterocycles. The zero-order valence-electron chi connectivity index (χ0n) is 10.5. The predicted molar refractivity (Wildman–Crippen MR) is 75.4 cm³/mol. The molecule has 1 aromatic heterocycles. The Morgan fingerprint density at radius 1 is 1.33 bits per heavy atom. The monoisotopic (exact) mass is 281 g/mol. The fourth-order valence-electron chi connectivity index (χ4n) is 1.35. The van der Waals surface area contributed by atoms with Gasteiger partial charge in [-0.15, -0.1) is 10.2 Å². The van der Waals surface area contributed by atoms with E-state index in [2.05, 4.69) is 10.2 Å². The maximum atomic E-state index is 5.88. The average molecular weight is 281 g/mol. The van der Waals surface area contributed by atoms with Gasteiger partial charge in [-0.3, -0.25) is 0 Å². The Balaban J connectivity index is 2.18. The van der Waals surface area contributed by atoms with Crippen LogP contribution in [0, 0.1) is 6.92 Å². The normalized spacial score (nSPS) is 10.9. The first-order valence-electron chi connectivity index (χ1n) is 5.58. The lowest BCUT2D eigenvalue weighted by Crippen LogP contribution is -2.07. The summed E-state index contributed by atoms with van der Waals surface area (Å²) >= 11 is 3.14. The third kappa shape index (κ3) is 3.36. The number of nitrogens with zero attached hydrogens (tertiary/aromatic N) is 2. The molecule has 0 saturated heterocycles. The van der Waals surface area contributed by atoms with Gasteiger partial charge < -0.3 is 10.5 Å². The Kier molecular flexibility index (Phi) is 4.08. The molecule has 0 unspecified atom stereocenters. The largest absolute Gasteiger partial charge is 0.489 e. The minimum absolute atomic E-state index is 0.108. The molecule has 18 heavy (non-hydrogen) atoms. The third-order valence-corrected chi connectivity index (χ3v) is 3.94. The van der Waals surface area contributed by atoms with Gasteiger partial charge in [0, 0.05) is 4.90 Å². The van der Waals surface area contributed by atoms with Crippen molar-refractivity contribution in [2.24, 2.45) is 0 Å². The molecule has 0 amide bonds. The van der Waals surface area contributed by atoms with Crippen molar-refractivity contribution >= 4 is 28.8 Å². The zero-order valence-corrected chi connectivity index (χ0v) is 12.1. The van der Waals surface area contributed by atoms with Crippen LogP contribution in [0.25, 0.3) is 0 Å². The Bertz CT molecular complexity index is 540. The number of anilines is 1. The van der Waals surface area contributed by atoms with Crippen molar-refractivity contribution in [2.75, 3.05) is 5.73 Å². The number of aryl methyl sites for hydroxylation is 1. The molecule has 2 N–H and O–H groups in total. The molecule has 0 atom stereocenters. The summed E-state index contributed by atoms with van der Waals surface area (Å²) in [5, 5.41) is 9.04. The molecular formula is C12H15N3OS2. The second-order valence-corrected chi connectivity index (χ2v) is 6.56. The van der Waals surface area contributed by atoms with Crippen LogP contribution in [0.4, 0.5) is 5.69 Å². The maximum Gasteiger partial charge on any atom is 0.179 e. The van der Waals surface area contributed by atoms with Crippen LogP contribution in [-0.4, -0.2) is 16.3 Å². The van der Waals surface area contributed by atoms with E-state index in [1.807, 2.05) is 39.0 Å². The van der Waals surface area contributed by atoms with Crippen LogP contribution in [0.2, 0.25) is 0 Å². The van der Waals surface area contributed by atoms with Gasteiger partial charge in [0.25, 0.3) is 0 Å². The molecule has 6 heteroatoms. The van der Waals surface area contributed by atoms with E-state index in [1.165, 1.54) is 0 Å². The summed E-state index contributed by atoms with van der Waals surface area (Å²) in [5.74, 6) is 0.719. The van der Waals surface area contributed by atoms with Crippen LogP contribution in [0.1, 0.15) is 18.9 Å². The van der Waals surface area contributed by atoms with Crippen molar-refractivity contribution < 1.29 is 4.74 Å².